The Morgan fingerprint density at radius 3 is 2.57 bits per heavy atom. The number of anilines is 1. The van der Waals surface area contributed by atoms with Crippen LogP contribution in [0.4, 0.5) is 5.69 Å². The average Bonchev–Trinajstić information content (AvgIpc) is 2.99. The highest BCUT2D eigenvalue weighted by molar-refractivity contribution is 7.89. The number of benzene rings is 1. The Morgan fingerprint density at radius 2 is 2.05 bits per heavy atom. The van der Waals surface area contributed by atoms with Crippen molar-refractivity contribution < 1.29 is 13.2 Å². The number of hydrogen-bond acceptors (Lipinski definition) is 5. The molecule has 1 aromatic heterocycles. The first-order valence-electron chi connectivity index (χ1n) is 6.33. The fourth-order valence-electron chi connectivity index (χ4n) is 1.96. The van der Waals surface area contributed by atoms with Crippen LogP contribution in [0.2, 0.25) is 0 Å². The number of rotatable bonds is 5. The summed E-state index contributed by atoms with van der Waals surface area (Å²) in [6.07, 6.45) is 0. The quantitative estimate of drug-likeness (QED) is 0.858. The molecule has 21 heavy (non-hydrogen) atoms. The van der Waals surface area contributed by atoms with Gasteiger partial charge in [-0.15, -0.1) is 11.3 Å². The molecular formula is C14H18N2O3S2. The zero-order chi connectivity index (χ0) is 15.6. The Bertz CT molecular complexity index is 712. The third-order valence-corrected chi connectivity index (χ3v) is 6.42. The average molecular weight is 326 g/mol. The van der Waals surface area contributed by atoms with Crippen LogP contribution in [0.15, 0.2) is 40.6 Å². The first kappa shape index (κ1) is 15.8. The van der Waals surface area contributed by atoms with E-state index in [4.69, 9.17) is 10.5 Å². The molecule has 0 spiro atoms. The minimum Gasteiger partial charge on any atom is -0.497 e. The van der Waals surface area contributed by atoms with Crippen molar-refractivity contribution >= 4 is 27.0 Å². The third-order valence-electron chi connectivity index (χ3n) is 3.37. The molecule has 1 unspecified atom stereocenters. The monoisotopic (exact) mass is 326 g/mol. The summed E-state index contributed by atoms with van der Waals surface area (Å²) in [5.41, 5.74) is 6.04. The van der Waals surface area contributed by atoms with Gasteiger partial charge in [-0.05, 0) is 30.5 Å². The highest BCUT2D eigenvalue weighted by Gasteiger charge is 2.28. The van der Waals surface area contributed by atoms with E-state index >= 15 is 0 Å². The Balaban J connectivity index is 2.37. The van der Waals surface area contributed by atoms with Gasteiger partial charge in [0.05, 0.1) is 18.8 Å². The summed E-state index contributed by atoms with van der Waals surface area (Å²) in [5, 5.41) is 1.92. The van der Waals surface area contributed by atoms with Crippen molar-refractivity contribution in [3.8, 4) is 5.75 Å². The highest BCUT2D eigenvalue weighted by atomic mass is 32.2. The topological polar surface area (TPSA) is 72.6 Å². The molecule has 0 saturated heterocycles. The predicted molar refractivity (Wildman–Crippen MR) is 85.1 cm³/mol. The molecule has 0 fully saturated rings. The normalized spacial score (nSPS) is 13.3. The minimum absolute atomic E-state index is 0.0919. The minimum atomic E-state index is -3.66. The zero-order valence-electron chi connectivity index (χ0n) is 12.1. The van der Waals surface area contributed by atoms with E-state index in [2.05, 4.69) is 0 Å². The zero-order valence-corrected chi connectivity index (χ0v) is 13.7. The molecule has 0 amide bonds. The van der Waals surface area contributed by atoms with E-state index in [0.717, 1.165) is 4.88 Å². The molecule has 0 radical (unpaired) electrons. The standard InChI is InChI=1S/C14H18N2O3S2/c1-10(13-5-4-8-20-13)16(2)21(17,18)14-7-6-11(19-3)9-12(14)15/h4-10H,15H2,1-3H3. The first-order chi connectivity index (χ1) is 9.87. The second kappa shape index (κ2) is 6.05. The van der Waals surface area contributed by atoms with Gasteiger partial charge in [0.1, 0.15) is 10.6 Å². The maximum Gasteiger partial charge on any atom is 0.245 e. The summed E-state index contributed by atoms with van der Waals surface area (Å²) in [6.45, 7) is 1.85. The van der Waals surface area contributed by atoms with Gasteiger partial charge >= 0.3 is 0 Å². The van der Waals surface area contributed by atoms with Gasteiger partial charge in [0.25, 0.3) is 0 Å². The number of nitrogens with zero attached hydrogens (tertiary/aromatic N) is 1. The van der Waals surface area contributed by atoms with Crippen LogP contribution in [0.1, 0.15) is 17.8 Å². The lowest BCUT2D eigenvalue weighted by atomic mass is 10.3. The third kappa shape index (κ3) is 3.04. The van der Waals surface area contributed by atoms with Gasteiger partial charge in [-0.2, -0.15) is 4.31 Å². The van der Waals surface area contributed by atoms with Crippen LogP contribution in [-0.2, 0) is 10.0 Å². The number of ether oxygens (including phenoxy) is 1. The van der Waals surface area contributed by atoms with Gasteiger partial charge in [-0.25, -0.2) is 8.42 Å². The molecule has 2 rings (SSSR count). The van der Waals surface area contributed by atoms with E-state index < -0.39 is 10.0 Å². The summed E-state index contributed by atoms with van der Waals surface area (Å²) in [7, 11) is -0.594. The van der Waals surface area contributed by atoms with Gasteiger partial charge in [0.2, 0.25) is 10.0 Å². The second-order valence-electron chi connectivity index (χ2n) is 4.62. The van der Waals surface area contributed by atoms with Gasteiger partial charge in [0, 0.05) is 18.0 Å². The Kier molecular flexibility index (Phi) is 4.55. The molecule has 7 heteroatoms. The van der Waals surface area contributed by atoms with Gasteiger partial charge in [-0.3, -0.25) is 0 Å². The van der Waals surface area contributed by atoms with Crippen LogP contribution in [0.5, 0.6) is 5.75 Å². The summed E-state index contributed by atoms with van der Waals surface area (Å²) in [5.74, 6) is 0.528. The number of nitrogens with two attached hydrogens (primary N) is 1. The van der Waals surface area contributed by atoms with E-state index in [9.17, 15) is 8.42 Å². The molecule has 0 bridgehead atoms. The summed E-state index contributed by atoms with van der Waals surface area (Å²) in [6, 6.07) is 8.14. The second-order valence-corrected chi connectivity index (χ2v) is 7.56. The number of sulfonamides is 1. The van der Waals surface area contributed by atoms with Crippen LogP contribution < -0.4 is 10.5 Å². The molecule has 5 nitrogen and oxygen atoms in total. The number of methoxy groups -OCH3 is 1. The smallest absolute Gasteiger partial charge is 0.245 e. The van der Waals surface area contributed by atoms with Crippen molar-refractivity contribution in [1.29, 1.82) is 0 Å². The molecule has 114 valence electrons. The molecule has 0 saturated carbocycles. The molecule has 0 aliphatic carbocycles. The predicted octanol–water partition coefficient (Wildman–Crippen LogP) is 2.72. The van der Waals surface area contributed by atoms with Crippen molar-refractivity contribution in [2.45, 2.75) is 17.9 Å². The van der Waals surface area contributed by atoms with Crippen molar-refractivity contribution in [2.24, 2.45) is 0 Å². The van der Waals surface area contributed by atoms with E-state index in [1.807, 2.05) is 24.4 Å². The Hall–Kier alpha value is -1.57. The lowest BCUT2D eigenvalue weighted by Crippen LogP contribution is -2.30. The fourth-order valence-corrected chi connectivity index (χ4v) is 4.29. The molecule has 1 heterocycles. The van der Waals surface area contributed by atoms with E-state index in [0.29, 0.717) is 5.75 Å². The summed E-state index contributed by atoms with van der Waals surface area (Å²) >= 11 is 1.52. The van der Waals surface area contributed by atoms with E-state index in [1.54, 1.807) is 13.1 Å². The van der Waals surface area contributed by atoms with E-state index in [1.165, 1.54) is 34.9 Å². The maximum atomic E-state index is 12.7. The van der Waals surface area contributed by atoms with Crippen molar-refractivity contribution in [3.63, 3.8) is 0 Å². The van der Waals surface area contributed by atoms with Crippen LogP contribution in [0.3, 0.4) is 0 Å². The summed E-state index contributed by atoms with van der Waals surface area (Å²) in [4.78, 5) is 1.07. The molecule has 0 aliphatic heterocycles. The number of nitrogen functional groups attached to an aromatic ring is 1. The van der Waals surface area contributed by atoms with Crippen molar-refractivity contribution in [1.82, 2.24) is 4.31 Å². The van der Waals surface area contributed by atoms with Crippen LogP contribution in [-0.4, -0.2) is 26.9 Å². The molecule has 1 aromatic carbocycles. The van der Waals surface area contributed by atoms with Gasteiger partial charge in [-0.1, -0.05) is 6.07 Å². The maximum absolute atomic E-state index is 12.7. The highest BCUT2D eigenvalue weighted by Crippen LogP contribution is 2.31. The van der Waals surface area contributed by atoms with Crippen molar-refractivity contribution in [3.05, 3.63) is 40.6 Å². The van der Waals surface area contributed by atoms with E-state index in [-0.39, 0.29) is 16.6 Å². The molecular weight excluding hydrogens is 308 g/mol. The summed E-state index contributed by atoms with van der Waals surface area (Å²) < 4.78 is 31.8. The lowest BCUT2D eigenvalue weighted by molar-refractivity contribution is 0.402. The molecule has 2 N–H and O–H groups in total. The largest absolute Gasteiger partial charge is 0.497 e. The van der Waals surface area contributed by atoms with Crippen LogP contribution >= 0.6 is 11.3 Å². The Morgan fingerprint density at radius 1 is 1.33 bits per heavy atom. The van der Waals surface area contributed by atoms with Gasteiger partial charge in [0.15, 0.2) is 0 Å². The van der Waals surface area contributed by atoms with Crippen molar-refractivity contribution in [2.75, 3.05) is 19.9 Å². The fraction of sp³-hybridized carbons (Fsp3) is 0.286. The van der Waals surface area contributed by atoms with Gasteiger partial charge < -0.3 is 10.5 Å². The lowest BCUT2D eigenvalue weighted by Gasteiger charge is -2.24. The molecule has 1 atom stereocenters. The Labute approximate surface area is 129 Å². The number of thiophene rings is 1. The van der Waals surface area contributed by atoms with Crippen LogP contribution in [0.25, 0.3) is 0 Å². The number of hydrogen-bond donors (Lipinski definition) is 1. The first-order valence-corrected chi connectivity index (χ1v) is 8.65. The van der Waals surface area contributed by atoms with Crippen LogP contribution in [0, 0.1) is 0 Å². The SMILES string of the molecule is COc1ccc(S(=O)(=O)N(C)C(C)c2cccs2)c(N)c1. The molecule has 2 aromatic rings. The molecule has 0 aliphatic rings.